The molecule has 1 heterocycles. The molecule has 0 saturated heterocycles. The van der Waals surface area contributed by atoms with Crippen LogP contribution in [0.2, 0.25) is 0 Å². The first-order valence-corrected chi connectivity index (χ1v) is 4.68. The number of aromatic amines is 1. The molecule has 7 nitrogen and oxygen atoms in total. The van der Waals surface area contributed by atoms with Crippen LogP contribution in [0.5, 0.6) is 0 Å². The smallest absolute Gasteiger partial charge is 0.274 e. The standard InChI is InChI=1S/C9H12N4O3/c1-2-13(5-7(10)14)9(16)6-3-4-8(15)12-11-6/h3-4H,2,5H2,1H3,(H2,10,14)(H,12,15). The minimum absolute atomic E-state index is 0.0719. The fourth-order valence-electron chi connectivity index (χ4n) is 1.14. The van der Waals surface area contributed by atoms with Crippen molar-refractivity contribution < 1.29 is 9.59 Å². The van der Waals surface area contributed by atoms with Gasteiger partial charge in [0.1, 0.15) is 5.69 Å². The number of aromatic nitrogens is 2. The summed E-state index contributed by atoms with van der Waals surface area (Å²) in [5.41, 5.74) is 4.68. The first-order chi connectivity index (χ1) is 7.54. The third-order valence-corrected chi connectivity index (χ3v) is 1.91. The van der Waals surface area contributed by atoms with E-state index < -0.39 is 17.4 Å². The normalized spacial score (nSPS) is 9.81. The van der Waals surface area contributed by atoms with Gasteiger partial charge in [-0.1, -0.05) is 0 Å². The van der Waals surface area contributed by atoms with Crippen LogP contribution < -0.4 is 11.3 Å². The highest BCUT2D eigenvalue weighted by atomic mass is 16.2. The highest BCUT2D eigenvalue weighted by molar-refractivity contribution is 5.94. The fraction of sp³-hybridized carbons (Fsp3) is 0.333. The molecule has 0 bridgehead atoms. The molecule has 86 valence electrons. The number of H-pyrrole nitrogens is 1. The highest BCUT2D eigenvalue weighted by Crippen LogP contribution is 1.98. The average Bonchev–Trinajstić information content (AvgIpc) is 2.25. The lowest BCUT2D eigenvalue weighted by Crippen LogP contribution is -2.38. The zero-order chi connectivity index (χ0) is 12.1. The van der Waals surface area contributed by atoms with Gasteiger partial charge in [-0.2, -0.15) is 5.10 Å². The second kappa shape index (κ2) is 5.06. The quantitative estimate of drug-likeness (QED) is 0.663. The second-order valence-electron chi connectivity index (χ2n) is 3.09. The molecule has 0 unspecified atom stereocenters. The molecule has 16 heavy (non-hydrogen) atoms. The number of rotatable bonds is 4. The van der Waals surface area contributed by atoms with E-state index in [0.29, 0.717) is 6.54 Å². The summed E-state index contributed by atoms with van der Waals surface area (Å²) in [7, 11) is 0. The van der Waals surface area contributed by atoms with E-state index in [1.165, 1.54) is 17.0 Å². The summed E-state index contributed by atoms with van der Waals surface area (Å²) in [5.74, 6) is -1.04. The van der Waals surface area contributed by atoms with Crippen molar-refractivity contribution in [3.63, 3.8) is 0 Å². The number of nitrogens with one attached hydrogen (secondary N) is 1. The molecular formula is C9H12N4O3. The Morgan fingerprint density at radius 3 is 2.62 bits per heavy atom. The Morgan fingerprint density at radius 2 is 2.19 bits per heavy atom. The van der Waals surface area contributed by atoms with Gasteiger partial charge in [0.05, 0.1) is 6.54 Å². The average molecular weight is 224 g/mol. The molecule has 3 N–H and O–H groups in total. The van der Waals surface area contributed by atoms with E-state index in [-0.39, 0.29) is 12.2 Å². The monoisotopic (exact) mass is 224 g/mol. The minimum atomic E-state index is -0.598. The van der Waals surface area contributed by atoms with Crippen LogP contribution in [0.4, 0.5) is 0 Å². The van der Waals surface area contributed by atoms with Crippen LogP contribution in [0.1, 0.15) is 17.4 Å². The van der Waals surface area contributed by atoms with Gasteiger partial charge >= 0.3 is 0 Å². The number of nitrogens with zero attached hydrogens (tertiary/aromatic N) is 2. The molecule has 1 aromatic heterocycles. The van der Waals surface area contributed by atoms with Crippen molar-refractivity contribution in [3.05, 3.63) is 28.2 Å². The first kappa shape index (κ1) is 11.9. The molecule has 0 aliphatic carbocycles. The summed E-state index contributed by atoms with van der Waals surface area (Å²) in [5, 5.41) is 5.72. The van der Waals surface area contributed by atoms with Crippen molar-refractivity contribution in [2.75, 3.05) is 13.1 Å². The molecule has 0 aliphatic heterocycles. The molecule has 0 aromatic carbocycles. The van der Waals surface area contributed by atoms with Crippen molar-refractivity contribution in [1.29, 1.82) is 0 Å². The van der Waals surface area contributed by atoms with E-state index in [2.05, 4.69) is 10.2 Å². The van der Waals surface area contributed by atoms with Crippen LogP contribution in [0, 0.1) is 0 Å². The molecule has 0 fully saturated rings. The lowest BCUT2D eigenvalue weighted by Gasteiger charge is -2.17. The number of amides is 2. The van der Waals surface area contributed by atoms with Crippen molar-refractivity contribution in [2.45, 2.75) is 6.92 Å². The van der Waals surface area contributed by atoms with Crippen molar-refractivity contribution in [3.8, 4) is 0 Å². The van der Waals surface area contributed by atoms with Gasteiger partial charge in [0, 0.05) is 12.6 Å². The summed E-state index contributed by atoms with van der Waals surface area (Å²) in [6, 6.07) is 2.49. The molecule has 0 aliphatic rings. The zero-order valence-corrected chi connectivity index (χ0v) is 8.77. The Balaban J connectivity index is 2.86. The van der Waals surface area contributed by atoms with E-state index in [1.54, 1.807) is 6.92 Å². The summed E-state index contributed by atoms with van der Waals surface area (Å²) >= 11 is 0. The van der Waals surface area contributed by atoms with Gasteiger partial charge in [0.15, 0.2) is 0 Å². The van der Waals surface area contributed by atoms with Crippen molar-refractivity contribution >= 4 is 11.8 Å². The number of primary amides is 1. The second-order valence-corrected chi connectivity index (χ2v) is 3.09. The predicted octanol–water partition coefficient (Wildman–Crippen LogP) is -1.28. The molecule has 0 spiro atoms. The Hall–Kier alpha value is -2.18. The number of hydrogen-bond acceptors (Lipinski definition) is 4. The van der Waals surface area contributed by atoms with Gasteiger partial charge in [0.25, 0.3) is 11.5 Å². The maximum atomic E-state index is 11.8. The summed E-state index contributed by atoms with van der Waals surface area (Å²) in [4.78, 5) is 34.4. The lowest BCUT2D eigenvalue weighted by molar-refractivity contribution is -0.118. The van der Waals surface area contributed by atoms with E-state index in [4.69, 9.17) is 5.73 Å². The topological polar surface area (TPSA) is 109 Å². The van der Waals surface area contributed by atoms with E-state index in [9.17, 15) is 14.4 Å². The molecule has 0 saturated carbocycles. The van der Waals surface area contributed by atoms with Gasteiger partial charge < -0.3 is 10.6 Å². The first-order valence-electron chi connectivity index (χ1n) is 4.68. The van der Waals surface area contributed by atoms with Crippen LogP contribution >= 0.6 is 0 Å². The molecule has 7 heteroatoms. The molecule has 1 aromatic rings. The number of nitrogens with two attached hydrogens (primary N) is 1. The molecule has 1 rings (SSSR count). The van der Waals surface area contributed by atoms with Gasteiger partial charge in [-0.3, -0.25) is 14.4 Å². The summed E-state index contributed by atoms with van der Waals surface area (Å²) in [6.07, 6.45) is 0. The van der Waals surface area contributed by atoms with E-state index >= 15 is 0 Å². The van der Waals surface area contributed by atoms with Gasteiger partial charge in [0.2, 0.25) is 5.91 Å². The number of hydrogen-bond donors (Lipinski definition) is 2. The highest BCUT2D eigenvalue weighted by Gasteiger charge is 2.17. The summed E-state index contributed by atoms with van der Waals surface area (Å²) < 4.78 is 0. The molecule has 2 amide bonds. The zero-order valence-electron chi connectivity index (χ0n) is 8.77. The van der Waals surface area contributed by atoms with E-state index in [0.717, 1.165) is 0 Å². The third-order valence-electron chi connectivity index (χ3n) is 1.91. The Kier molecular flexibility index (Phi) is 3.76. The molecule has 0 atom stereocenters. The SMILES string of the molecule is CCN(CC(N)=O)C(=O)c1ccc(=O)[nH]n1. The maximum absolute atomic E-state index is 11.8. The Bertz CT molecular complexity index is 434. The Morgan fingerprint density at radius 1 is 1.50 bits per heavy atom. The minimum Gasteiger partial charge on any atom is -0.368 e. The van der Waals surface area contributed by atoms with Gasteiger partial charge in [-0.15, -0.1) is 0 Å². The van der Waals surface area contributed by atoms with Crippen molar-refractivity contribution in [2.24, 2.45) is 5.73 Å². The largest absolute Gasteiger partial charge is 0.368 e. The number of likely N-dealkylation sites (N-methyl/N-ethyl adjacent to an activating group) is 1. The van der Waals surface area contributed by atoms with Crippen molar-refractivity contribution in [1.82, 2.24) is 15.1 Å². The summed E-state index contributed by atoms with van der Waals surface area (Å²) in [6.45, 7) is 1.88. The van der Waals surface area contributed by atoms with Crippen LogP contribution in [0.3, 0.4) is 0 Å². The van der Waals surface area contributed by atoms with Gasteiger partial charge in [-0.05, 0) is 13.0 Å². The number of carbonyl (C=O) groups is 2. The number of carbonyl (C=O) groups excluding carboxylic acids is 2. The predicted molar refractivity (Wildman–Crippen MR) is 55.6 cm³/mol. The van der Waals surface area contributed by atoms with Crippen LogP contribution in [0.25, 0.3) is 0 Å². The maximum Gasteiger partial charge on any atom is 0.274 e. The lowest BCUT2D eigenvalue weighted by atomic mass is 10.3. The van der Waals surface area contributed by atoms with Crippen LogP contribution in [-0.4, -0.2) is 40.0 Å². The van der Waals surface area contributed by atoms with Crippen LogP contribution in [0.15, 0.2) is 16.9 Å². The Labute approximate surface area is 91.2 Å². The van der Waals surface area contributed by atoms with Crippen LogP contribution in [-0.2, 0) is 4.79 Å². The molecule has 0 radical (unpaired) electrons. The fourth-order valence-corrected chi connectivity index (χ4v) is 1.14. The van der Waals surface area contributed by atoms with Gasteiger partial charge in [-0.25, -0.2) is 5.10 Å². The third kappa shape index (κ3) is 2.91. The molecular weight excluding hydrogens is 212 g/mol. The van der Waals surface area contributed by atoms with E-state index in [1.807, 2.05) is 0 Å².